The maximum absolute atomic E-state index is 7.63. The molecule has 6 heteroatoms. The van der Waals surface area contributed by atoms with Crippen LogP contribution in [0.2, 0.25) is 5.02 Å². The summed E-state index contributed by atoms with van der Waals surface area (Å²) in [6.45, 7) is 8.28. The van der Waals surface area contributed by atoms with Crippen LogP contribution in [0.3, 0.4) is 0 Å². The summed E-state index contributed by atoms with van der Waals surface area (Å²) in [5.41, 5.74) is 5.46. The highest BCUT2D eigenvalue weighted by molar-refractivity contribution is 6.65. The summed E-state index contributed by atoms with van der Waals surface area (Å²) in [7, 11) is -0.617. The first-order valence-corrected chi connectivity index (χ1v) is 14.6. The molecule has 6 rings (SSSR count). The molecule has 0 bridgehead atoms. The standard InChI is InChI=1S/C36H34BClN2O2/c1-35(2)36(3,4)42-37(41-35)31-25-26-32(39(27-17-9-5-10-18-27)28-19-11-6-12-20-28)33(38)34(31)40(29-21-13-7-14-22-29)30-23-15-8-16-24-30/h5-26H,1-4H3. The molecule has 0 aromatic heterocycles. The number of para-hydroxylation sites is 4. The fourth-order valence-corrected chi connectivity index (χ4v) is 5.61. The van der Waals surface area contributed by atoms with Gasteiger partial charge in [0, 0.05) is 28.2 Å². The molecule has 0 saturated carbocycles. The van der Waals surface area contributed by atoms with Crippen LogP contribution in [0.5, 0.6) is 0 Å². The van der Waals surface area contributed by atoms with Gasteiger partial charge in [0.25, 0.3) is 0 Å². The molecular weight excluding hydrogens is 539 g/mol. The van der Waals surface area contributed by atoms with Crippen molar-refractivity contribution in [3.63, 3.8) is 0 Å². The zero-order valence-electron chi connectivity index (χ0n) is 24.4. The number of benzene rings is 5. The molecule has 0 radical (unpaired) electrons. The van der Waals surface area contributed by atoms with Crippen LogP contribution in [0, 0.1) is 0 Å². The number of hydrogen-bond donors (Lipinski definition) is 0. The molecule has 5 aromatic carbocycles. The third-order valence-corrected chi connectivity index (χ3v) is 8.53. The Balaban J connectivity index is 1.63. The third kappa shape index (κ3) is 5.20. The minimum Gasteiger partial charge on any atom is -0.399 e. The number of hydrogen-bond acceptors (Lipinski definition) is 4. The van der Waals surface area contributed by atoms with Gasteiger partial charge in [0.2, 0.25) is 0 Å². The van der Waals surface area contributed by atoms with Crippen LogP contribution in [0.25, 0.3) is 0 Å². The van der Waals surface area contributed by atoms with E-state index >= 15 is 0 Å². The van der Waals surface area contributed by atoms with Crippen molar-refractivity contribution >= 4 is 58.3 Å². The Hall–Kier alpha value is -4.03. The molecule has 0 unspecified atom stereocenters. The van der Waals surface area contributed by atoms with Gasteiger partial charge < -0.3 is 19.1 Å². The minimum absolute atomic E-state index is 0.509. The summed E-state index contributed by atoms with van der Waals surface area (Å²) < 4.78 is 13.2. The fourth-order valence-electron chi connectivity index (χ4n) is 5.27. The van der Waals surface area contributed by atoms with Crippen molar-refractivity contribution < 1.29 is 9.31 Å². The van der Waals surface area contributed by atoms with Crippen LogP contribution in [-0.2, 0) is 9.31 Å². The summed E-state index contributed by atoms with van der Waals surface area (Å²) in [6.07, 6.45) is 0. The van der Waals surface area contributed by atoms with Crippen molar-refractivity contribution in [3.8, 4) is 0 Å². The monoisotopic (exact) mass is 572 g/mol. The molecule has 210 valence electrons. The van der Waals surface area contributed by atoms with Crippen LogP contribution in [-0.4, -0.2) is 18.3 Å². The van der Waals surface area contributed by atoms with Gasteiger partial charge in [-0.15, -0.1) is 0 Å². The van der Waals surface area contributed by atoms with Gasteiger partial charge >= 0.3 is 7.12 Å². The van der Waals surface area contributed by atoms with E-state index in [1.165, 1.54) is 0 Å². The van der Waals surface area contributed by atoms with Gasteiger partial charge in [0.05, 0.1) is 27.6 Å². The molecule has 42 heavy (non-hydrogen) atoms. The second-order valence-electron chi connectivity index (χ2n) is 11.4. The summed E-state index contributed by atoms with van der Waals surface area (Å²) in [6, 6.07) is 45.3. The summed E-state index contributed by atoms with van der Waals surface area (Å²) in [5, 5.41) is 0.586. The summed E-state index contributed by atoms with van der Waals surface area (Å²) >= 11 is 7.63. The van der Waals surface area contributed by atoms with Crippen LogP contribution in [0.15, 0.2) is 133 Å². The van der Waals surface area contributed by atoms with Crippen molar-refractivity contribution in [2.24, 2.45) is 0 Å². The predicted octanol–water partition coefficient (Wildman–Crippen LogP) is 9.58. The lowest BCUT2D eigenvalue weighted by atomic mass is 9.77. The lowest BCUT2D eigenvalue weighted by Crippen LogP contribution is -2.41. The Bertz CT molecular complexity index is 1550. The highest BCUT2D eigenvalue weighted by Gasteiger charge is 2.53. The van der Waals surface area contributed by atoms with Crippen molar-refractivity contribution in [2.75, 3.05) is 9.80 Å². The van der Waals surface area contributed by atoms with Gasteiger partial charge in [-0.1, -0.05) is 90.5 Å². The summed E-state index contributed by atoms with van der Waals surface area (Å²) in [5.74, 6) is 0. The molecule has 1 heterocycles. The van der Waals surface area contributed by atoms with E-state index in [4.69, 9.17) is 20.9 Å². The highest BCUT2D eigenvalue weighted by atomic mass is 35.5. The van der Waals surface area contributed by atoms with Crippen LogP contribution >= 0.6 is 11.6 Å². The lowest BCUT2D eigenvalue weighted by molar-refractivity contribution is 0.00578. The smallest absolute Gasteiger partial charge is 0.399 e. The predicted molar refractivity (Wildman–Crippen MR) is 177 cm³/mol. The second-order valence-corrected chi connectivity index (χ2v) is 11.8. The first kappa shape index (κ1) is 28.1. The van der Waals surface area contributed by atoms with Gasteiger partial charge in [-0.25, -0.2) is 0 Å². The Morgan fingerprint density at radius 2 is 0.857 bits per heavy atom. The zero-order valence-corrected chi connectivity index (χ0v) is 25.1. The Morgan fingerprint density at radius 1 is 0.500 bits per heavy atom. The molecule has 1 saturated heterocycles. The minimum atomic E-state index is -0.617. The largest absolute Gasteiger partial charge is 0.497 e. The molecule has 5 aromatic rings. The maximum atomic E-state index is 7.63. The molecule has 1 aliphatic heterocycles. The Labute approximate surface area is 254 Å². The van der Waals surface area contributed by atoms with E-state index in [9.17, 15) is 0 Å². The van der Waals surface area contributed by atoms with Crippen molar-refractivity contribution in [2.45, 2.75) is 38.9 Å². The number of nitrogens with zero attached hydrogens (tertiary/aromatic N) is 2. The number of halogens is 1. The number of rotatable bonds is 7. The second kappa shape index (κ2) is 11.3. The van der Waals surface area contributed by atoms with Gasteiger partial charge in [-0.3, -0.25) is 0 Å². The topological polar surface area (TPSA) is 24.9 Å². The first-order valence-electron chi connectivity index (χ1n) is 14.3. The fraction of sp³-hybridized carbons (Fsp3) is 0.167. The van der Waals surface area contributed by atoms with Gasteiger partial charge in [0.15, 0.2) is 0 Å². The normalized spacial score (nSPS) is 15.4. The van der Waals surface area contributed by atoms with Gasteiger partial charge in [0.1, 0.15) is 0 Å². The third-order valence-electron chi connectivity index (χ3n) is 8.16. The Kier molecular flexibility index (Phi) is 7.59. The average molecular weight is 573 g/mol. The molecule has 1 aliphatic rings. The number of anilines is 6. The van der Waals surface area contributed by atoms with Gasteiger partial charge in [-0.2, -0.15) is 0 Å². The Morgan fingerprint density at radius 3 is 1.24 bits per heavy atom. The van der Waals surface area contributed by atoms with E-state index < -0.39 is 18.3 Å². The van der Waals surface area contributed by atoms with E-state index in [-0.39, 0.29) is 0 Å². The molecule has 4 nitrogen and oxygen atoms in total. The molecule has 0 spiro atoms. The summed E-state index contributed by atoms with van der Waals surface area (Å²) in [4.78, 5) is 4.38. The average Bonchev–Trinajstić information content (AvgIpc) is 3.23. The van der Waals surface area contributed by atoms with Crippen molar-refractivity contribution in [1.29, 1.82) is 0 Å². The van der Waals surface area contributed by atoms with E-state index in [2.05, 4.69) is 98.2 Å². The molecule has 0 aliphatic carbocycles. The van der Waals surface area contributed by atoms with Crippen LogP contribution in [0.4, 0.5) is 34.1 Å². The SMILES string of the molecule is CC1(C)OB(c2ccc(N(c3ccccc3)c3ccccc3)c(Cl)c2N(c2ccccc2)c2ccccc2)OC1(C)C. The molecule has 0 atom stereocenters. The first-order chi connectivity index (χ1) is 20.3. The molecular formula is C36H34BClN2O2. The van der Waals surface area contributed by atoms with Crippen LogP contribution < -0.4 is 15.3 Å². The zero-order chi connectivity index (χ0) is 29.3. The van der Waals surface area contributed by atoms with Gasteiger partial charge in [-0.05, 0) is 82.3 Å². The maximum Gasteiger partial charge on any atom is 0.497 e. The van der Waals surface area contributed by atoms with E-state index in [1.807, 2.05) is 72.8 Å². The van der Waals surface area contributed by atoms with Crippen molar-refractivity contribution in [3.05, 3.63) is 138 Å². The van der Waals surface area contributed by atoms with Crippen LogP contribution in [0.1, 0.15) is 27.7 Å². The van der Waals surface area contributed by atoms with E-state index in [0.29, 0.717) is 5.02 Å². The molecule has 0 amide bonds. The highest BCUT2D eigenvalue weighted by Crippen LogP contribution is 2.47. The molecule has 1 fully saturated rings. The quantitative estimate of drug-likeness (QED) is 0.181. The van der Waals surface area contributed by atoms with E-state index in [1.54, 1.807) is 0 Å². The molecule has 0 N–H and O–H groups in total. The lowest BCUT2D eigenvalue weighted by Gasteiger charge is -2.33. The van der Waals surface area contributed by atoms with Crippen molar-refractivity contribution in [1.82, 2.24) is 0 Å². The van der Waals surface area contributed by atoms with E-state index in [0.717, 1.165) is 39.6 Å².